The van der Waals surface area contributed by atoms with Gasteiger partial charge in [0.15, 0.2) is 5.82 Å². The lowest BCUT2D eigenvalue weighted by molar-refractivity contribution is 0.745. The fraction of sp³-hybridized carbons (Fsp3) is 0.154. The summed E-state index contributed by atoms with van der Waals surface area (Å²) in [6.45, 7) is 1.85. The highest BCUT2D eigenvalue weighted by molar-refractivity contribution is 7.98. The molecule has 0 bridgehead atoms. The fourth-order valence-corrected chi connectivity index (χ4v) is 2.10. The molecule has 0 N–H and O–H groups in total. The number of rotatable bonds is 4. The van der Waals surface area contributed by atoms with E-state index in [-0.39, 0.29) is 0 Å². The molecule has 2 aromatic rings. The number of hydrogen-bond donors (Lipinski definition) is 0. The largest absolute Gasteiger partial charge is 0.211 e. The first-order chi connectivity index (χ1) is 9.20. The normalized spacial score (nSPS) is 12.3. The Morgan fingerprint density at radius 3 is 2.74 bits per heavy atom. The van der Waals surface area contributed by atoms with Crippen LogP contribution in [-0.2, 0) is 0 Å². The molecule has 0 unspecified atom stereocenters. The Bertz CT molecular complexity index is 604. The van der Waals surface area contributed by atoms with Crippen LogP contribution in [0.1, 0.15) is 11.4 Å². The van der Waals surface area contributed by atoms with Crippen molar-refractivity contribution in [1.29, 1.82) is 0 Å². The Labute approximate surface area is 121 Å². The summed E-state index contributed by atoms with van der Waals surface area (Å²) >= 11 is 7.62. The predicted molar refractivity (Wildman–Crippen MR) is 80.7 cm³/mol. The SMILES string of the molecule is CSc1nnc(C)n1/N=C\C(Cl)=C\c1ccccc1. The molecule has 1 heterocycles. The summed E-state index contributed by atoms with van der Waals surface area (Å²) in [4.78, 5) is 0. The van der Waals surface area contributed by atoms with Crippen molar-refractivity contribution in [3.05, 3.63) is 46.8 Å². The van der Waals surface area contributed by atoms with E-state index in [1.165, 1.54) is 11.8 Å². The van der Waals surface area contributed by atoms with Crippen molar-refractivity contribution in [3.8, 4) is 0 Å². The smallest absolute Gasteiger partial charge is 0.192 e. The van der Waals surface area contributed by atoms with Gasteiger partial charge >= 0.3 is 0 Å². The molecule has 0 aliphatic rings. The van der Waals surface area contributed by atoms with Crippen molar-refractivity contribution in [2.75, 3.05) is 6.26 Å². The van der Waals surface area contributed by atoms with E-state index in [4.69, 9.17) is 11.6 Å². The first-order valence-corrected chi connectivity index (χ1v) is 7.23. The number of allylic oxidation sites excluding steroid dienone is 1. The highest BCUT2D eigenvalue weighted by atomic mass is 35.5. The topological polar surface area (TPSA) is 43.1 Å². The second kappa shape index (κ2) is 6.54. The van der Waals surface area contributed by atoms with Gasteiger partial charge in [-0.15, -0.1) is 10.2 Å². The zero-order chi connectivity index (χ0) is 13.7. The number of halogens is 1. The minimum Gasteiger partial charge on any atom is -0.192 e. The van der Waals surface area contributed by atoms with Gasteiger partial charge in [0.05, 0.1) is 11.2 Å². The highest BCUT2D eigenvalue weighted by Crippen LogP contribution is 2.13. The van der Waals surface area contributed by atoms with Crippen molar-refractivity contribution in [2.45, 2.75) is 12.1 Å². The molecule has 1 aromatic carbocycles. The summed E-state index contributed by atoms with van der Waals surface area (Å²) in [7, 11) is 0. The quantitative estimate of drug-likeness (QED) is 0.640. The van der Waals surface area contributed by atoms with E-state index in [1.807, 2.05) is 49.6 Å². The van der Waals surface area contributed by atoms with Crippen molar-refractivity contribution in [3.63, 3.8) is 0 Å². The highest BCUT2D eigenvalue weighted by Gasteiger charge is 2.05. The Morgan fingerprint density at radius 1 is 1.32 bits per heavy atom. The van der Waals surface area contributed by atoms with Crippen LogP contribution in [0.3, 0.4) is 0 Å². The van der Waals surface area contributed by atoms with Gasteiger partial charge in [-0.05, 0) is 24.8 Å². The third-order valence-electron chi connectivity index (χ3n) is 2.35. The van der Waals surface area contributed by atoms with Gasteiger partial charge in [-0.25, -0.2) is 0 Å². The Hall–Kier alpha value is -1.59. The van der Waals surface area contributed by atoms with Gasteiger partial charge in [0.1, 0.15) is 0 Å². The van der Waals surface area contributed by atoms with Crippen molar-refractivity contribution >= 4 is 35.7 Å². The van der Waals surface area contributed by atoms with Gasteiger partial charge < -0.3 is 0 Å². The minimum absolute atomic E-state index is 0.548. The van der Waals surface area contributed by atoms with Crippen molar-refractivity contribution < 1.29 is 0 Å². The average molecular weight is 293 g/mol. The second-order valence-corrected chi connectivity index (χ2v) is 4.94. The summed E-state index contributed by atoms with van der Waals surface area (Å²) in [6.07, 6.45) is 5.37. The van der Waals surface area contributed by atoms with Gasteiger partial charge in [-0.3, -0.25) is 0 Å². The molecule has 1 aromatic heterocycles. The van der Waals surface area contributed by atoms with Gasteiger partial charge in [0, 0.05) is 0 Å². The number of nitrogens with zero attached hydrogens (tertiary/aromatic N) is 4. The molecule has 19 heavy (non-hydrogen) atoms. The maximum atomic E-state index is 6.13. The van der Waals surface area contributed by atoms with E-state index in [1.54, 1.807) is 10.9 Å². The lowest BCUT2D eigenvalue weighted by Crippen LogP contribution is -1.94. The molecule has 0 amide bonds. The van der Waals surface area contributed by atoms with E-state index in [0.717, 1.165) is 16.5 Å². The van der Waals surface area contributed by atoms with Gasteiger partial charge in [0.2, 0.25) is 5.16 Å². The molecule has 0 saturated heterocycles. The molecular formula is C13H13ClN4S. The molecule has 0 spiro atoms. The maximum absolute atomic E-state index is 6.13. The van der Waals surface area contributed by atoms with Gasteiger partial charge in [-0.1, -0.05) is 53.7 Å². The van der Waals surface area contributed by atoms with Crippen LogP contribution in [0.25, 0.3) is 6.08 Å². The Morgan fingerprint density at radius 2 is 2.05 bits per heavy atom. The molecule has 0 saturated carbocycles. The van der Waals surface area contributed by atoms with E-state index < -0.39 is 0 Å². The van der Waals surface area contributed by atoms with E-state index >= 15 is 0 Å². The summed E-state index contributed by atoms with van der Waals surface area (Å²) in [5, 5.41) is 13.5. The van der Waals surface area contributed by atoms with Crippen LogP contribution in [0.15, 0.2) is 45.6 Å². The standard InChI is InChI=1S/C13H13ClN4S/c1-10-16-17-13(19-2)18(10)15-9-12(14)8-11-6-4-3-5-7-11/h3-9H,1-2H3/b12-8-,15-9-. The molecule has 0 fully saturated rings. The number of thioether (sulfide) groups is 1. The van der Waals surface area contributed by atoms with Crippen LogP contribution < -0.4 is 0 Å². The molecule has 4 nitrogen and oxygen atoms in total. The van der Waals surface area contributed by atoms with Crippen molar-refractivity contribution in [1.82, 2.24) is 14.9 Å². The van der Waals surface area contributed by atoms with Crippen LogP contribution in [0, 0.1) is 6.92 Å². The minimum atomic E-state index is 0.548. The van der Waals surface area contributed by atoms with Gasteiger partial charge in [-0.2, -0.15) is 9.78 Å². The molecular weight excluding hydrogens is 280 g/mol. The molecule has 0 aliphatic carbocycles. The third-order valence-corrected chi connectivity index (χ3v) is 3.18. The molecule has 6 heteroatoms. The first kappa shape index (κ1) is 13.8. The lowest BCUT2D eigenvalue weighted by Gasteiger charge is -1.98. The summed E-state index contributed by atoms with van der Waals surface area (Å²) < 4.78 is 1.66. The lowest BCUT2D eigenvalue weighted by atomic mass is 10.2. The van der Waals surface area contributed by atoms with E-state index in [0.29, 0.717) is 5.03 Å². The number of benzene rings is 1. The summed E-state index contributed by atoms with van der Waals surface area (Å²) in [5.41, 5.74) is 1.03. The monoisotopic (exact) mass is 292 g/mol. The van der Waals surface area contributed by atoms with Crippen molar-refractivity contribution in [2.24, 2.45) is 5.10 Å². The van der Waals surface area contributed by atoms with Crippen LogP contribution in [0.2, 0.25) is 0 Å². The maximum Gasteiger partial charge on any atom is 0.211 e. The molecule has 0 radical (unpaired) electrons. The zero-order valence-electron chi connectivity index (χ0n) is 10.6. The number of aryl methyl sites for hydroxylation is 1. The zero-order valence-corrected chi connectivity index (χ0v) is 12.2. The fourth-order valence-electron chi connectivity index (χ4n) is 1.46. The van der Waals surface area contributed by atoms with E-state index in [9.17, 15) is 0 Å². The van der Waals surface area contributed by atoms with Crippen LogP contribution in [0.4, 0.5) is 0 Å². The molecule has 2 rings (SSSR count). The predicted octanol–water partition coefficient (Wildman–Crippen LogP) is 3.42. The number of aromatic nitrogens is 3. The first-order valence-electron chi connectivity index (χ1n) is 5.63. The average Bonchev–Trinajstić information content (AvgIpc) is 2.78. The van der Waals surface area contributed by atoms with Crippen LogP contribution >= 0.6 is 23.4 Å². The molecule has 0 aliphatic heterocycles. The van der Waals surface area contributed by atoms with Gasteiger partial charge in [0.25, 0.3) is 0 Å². The summed E-state index contributed by atoms with van der Waals surface area (Å²) in [5.74, 6) is 0.727. The molecule has 98 valence electrons. The summed E-state index contributed by atoms with van der Waals surface area (Å²) in [6, 6.07) is 9.84. The second-order valence-electron chi connectivity index (χ2n) is 3.73. The van der Waals surface area contributed by atoms with Crippen LogP contribution in [0.5, 0.6) is 0 Å². The number of hydrogen-bond acceptors (Lipinski definition) is 4. The van der Waals surface area contributed by atoms with Crippen LogP contribution in [-0.4, -0.2) is 27.3 Å². The Kier molecular flexibility index (Phi) is 4.76. The Balaban J connectivity index is 2.18. The third kappa shape index (κ3) is 3.68. The van der Waals surface area contributed by atoms with E-state index in [2.05, 4.69) is 15.3 Å². The molecule has 0 atom stereocenters.